The van der Waals surface area contributed by atoms with Crippen LogP contribution >= 0.6 is 0 Å². The van der Waals surface area contributed by atoms with Crippen LogP contribution in [0.2, 0.25) is 0 Å². The highest BCUT2D eigenvalue weighted by molar-refractivity contribution is 5.01. The molecular weight excluding hydrogens is 264 g/mol. The van der Waals surface area contributed by atoms with E-state index in [0.717, 1.165) is 32.7 Å². The van der Waals surface area contributed by atoms with Gasteiger partial charge in [0.1, 0.15) is 6.10 Å². The van der Waals surface area contributed by atoms with E-state index in [1.165, 1.54) is 38.9 Å². The molecule has 1 atom stereocenters. The molecule has 1 heterocycles. The molecule has 4 nitrogen and oxygen atoms in total. The molecular formula is C17H32N2O2. The second-order valence-corrected chi connectivity index (χ2v) is 5.87. The SMILES string of the molecule is CC#CC(O)CCN(C)CCOCCCN1CCCCC1. The zero-order valence-electron chi connectivity index (χ0n) is 13.8. The first-order valence-corrected chi connectivity index (χ1v) is 8.31. The molecule has 0 aromatic carbocycles. The Morgan fingerprint density at radius 2 is 1.95 bits per heavy atom. The lowest BCUT2D eigenvalue weighted by molar-refractivity contribution is 0.0956. The van der Waals surface area contributed by atoms with Gasteiger partial charge in [-0.1, -0.05) is 12.3 Å². The highest BCUT2D eigenvalue weighted by Crippen LogP contribution is 2.08. The van der Waals surface area contributed by atoms with Crippen molar-refractivity contribution in [3.05, 3.63) is 0 Å². The number of piperidine rings is 1. The molecule has 0 aromatic rings. The number of likely N-dealkylation sites (N-methyl/N-ethyl adjacent to an activating group) is 1. The Kier molecular flexibility index (Phi) is 10.5. The molecule has 4 heteroatoms. The largest absolute Gasteiger partial charge is 0.380 e. The fourth-order valence-electron chi connectivity index (χ4n) is 2.59. The normalized spacial score (nSPS) is 17.5. The van der Waals surface area contributed by atoms with Crippen LogP contribution in [0.3, 0.4) is 0 Å². The number of rotatable bonds is 10. The van der Waals surface area contributed by atoms with Gasteiger partial charge in [-0.25, -0.2) is 0 Å². The van der Waals surface area contributed by atoms with E-state index in [1.54, 1.807) is 6.92 Å². The van der Waals surface area contributed by atoms with E-state index >= 15 is 0 Å². The van der Waals surface area contributed by atoms with Crippen LogP contribution in [-0.2, 0) is 4.74 Å². The van der Waals surface area contributed by atoms with Crippen molar-refractivity contribution in [3.63, 3.8) is 0 Å². The minimum absolute atomic E-state index is 0.497. The predicted octanol–water partition coefficient (Wildman–Crippen LogP) is 1.59. The summed E-state index contributed by atoms with van der Waals surface area (Å²) < 4.78 is 5.69. The average Bonchev–Trinajstić information content (AvgIpc) is 2.50. The van der Waals surface area contributed by atoms with Gasteiger partial charge in [0, 0.05) is 26.2 Å². The van der Waals surface area contributed by atoms with Crippen molar-refractivity contribution >= 4 is 0 Å². The molecule has 1 aliphatic heterocycles. The third-order valence-electron chi connectivity index (χ3n) is 3.92. The van der Waals surface area contributed by atoms with E-state index in [4.69, 9.17) is 4.74 Å². The lowest BCUT2D eigenvalue weighted by atomic mass is 10.1. The summed E-state index contributed by atoms with van der Waals surface area (Å²) in [7, 11) is 2.06. The van der Waals surface area contributed by atoms with Crippen LogP contribution < -0.4 is 0 Å². The number of aliphatic hydroxyl groups is 1. The van der Waals surface area contributed by atoms with Gasteiger partial charge in [-0.15, -0.1) is 5.92 Å². The summed E-state index contributed by atoms with van der Waals surface area (Å²) in [5.74, 6) is 5.50. The lowest BCUT2D eigenvalue weighted by Gasteiger charge is -2.26. The number of aliphatic hydroxyl groups excluding tert-OH is 1. The van der Waals surface area contributed by atoms with Crippen LogP contribution in [0.25, 0.3) is 0 Å². The highest BCUT2D eigenvalue weighted by Gasteiger charge is 2.09. The summed E-state index contributed by atoms with van der Waals surface area (Å²) in [6.07, 6.45) is 5.46. The molecule has 122 valence electrons. The second kappa shape index (κ2) is 12.0. The Labute approximate surface area is 130 Å². The number of nitrogens with zero attached hydrogens (tertiary/aromatic N) is 2. The van der Waals surface area contributed by atoms with Crippen LogP contribution in [0.5, 0.6) is 0 Å². The van der Waals surface area contributed by atoms with E-state index < -0.39 is 6.10 Å². The van der Waals surface area contributed by atoms with Gasteiger partial charge in [0.15, 0.2) is 0 Å². The molecule has 21 heavy (non-hydrogen) atoms. The average molecular weight is 296 g/mol. The van der Waals surface area contributed by atoms with Crippen LogP contribution in [0.1, 0.15) is 39.0 Å². The molecule has 1 saturated heterocycles. The molecule has 1 aliphatic rings. The molecule has 1 unspecified atom stereocenters. The summed E-state index contributed by atoms with van der Waals surface area (Å²) in [6, 6.07) is 0. The van der Waals surface area contributed by atoms with Crippen molar-refractivity contribution in [1.82, 2.24) is 9.80 Å². The zero-order valence-corrected chi connectivity index (χ0v) is 13.8. The molecule has 0 radical (unpaired) electrons. The molecule has 0 bridgehead atoms. The summed E-state index contributed by atoms with van der Waals surface area (Å²) in [6.45, 7) is 8.86. The maximum Gasteiger partial charge on any atom is 0.115 e. The molecule has 0 saturated carbocycles. The summed E-state index contributed by atoms with van der Waals surface area (Å²) in [4.78, 5) is 4.74. The van der Waals surface area contributed by atoms with Gasteiger partial charge in [-0.3, -0.25) is 0 Å². The van der Waals surface area contributed by atoms with Gasteiger partial charge in [0.05, 0.1) is 6.61 Å². The van der Waals surface area contributed by atoms with Gasteiger partial charge >= 0.3 is 0 Å². The van der Waals surface area contributed by atoms with E-state index in [-0.39, 0.29) is 0 Å². The topological polar surface area (TPSA) is 35.9 Å². The van der Waals surface area contributed by atoms with Gasteiger partial charge in [-0.2, -0.15) is 0 Å². The van der Waals surface area contributed by atoms with Gasteiger partial charge < -0.3 is 19.6 Å². The van der Waals surface area contributed by atoms with Crippen LogP contribution in [0.15, 0.2) is 0 Å². The number of likely N-dealkylation sites (tertiary alicyclic amines) is 1. The van der Waals surface area contributed by atoms with Crippen molar-refractivity contribution in [2.75, 3.05) is 53.0 Å². The number of hydrogen-bond donors (Lipinski definition) is 1. The maximum absolute atomic E-state index is 9.53. The summed E-state index contributed by atoms with van der Waals surface area (Å²) >= 11 is 0. The van der Waals surface area contributed by atoms with E-state index in [9.17, 15) is 5.11 Å². The Balaban J connectivity index is 1.89. The fraction of sp³-hybridized carbons (Fsp3) is 0.882. The number of hydrogen-bond acceptors (Lipinski definition) is 4. The van der Waals surface area contributed by atoms with E-state index in [0.29, 0.717) is 6.42 Å². The molecule has 1 N–H and O–H groups in total. The Morgan fingerprint density at radius 1 is 1.19 bits per heavy atom. The summed E-state index contributed by atoms with van der Waals surface area (Å²) in [5.41, 5.74) is 0. The molecule has 1 fully saturated rings. The van der Waals surface area contributed by atoms with Crippen molar-refractivity contribution in [3.8, 4) is 11.8 Å². The standard InChI is InChI=1S/C17H32N2O2/c1-3-8-17(20)9-13-18(2)14-16-21-15-7-12-19-10-5-4-6-11-19/h17,20H,4-7,9-16H2,1-2H3. The first kappa shape index (κ1) is 18.4. The monoisotopic (exact) mass is 296 g/mol. The van der Waals surface area contributed by atoms with Gasteiger partial charge in [0.2, 0.25) is 0 Å². The maximum atomic E-state index is 9.53. The zero-order chi connectivity index (χ0) is 15.3. The highest BCUT2D eigenvalue weighted by atomic mass is 16.5. The quantitative estimate of drug-likeness (QED) is 0.490. The first-order valence-electron chi connectivity index (χ1n) is 8.31. The first-order chi connectivity index (χ1) is 10.2. The second-order valence-electron chi connectivity index (χ2n) is 5.87. The van der Waals surface area contributed by atoms with E-state index in [1.807, 2.05) is 0 Å². The molecule has 0 amide bonds. The third-order valence-corrected chi connectivity index (χ3v) is 3.92. The van der Waals surface area contributed by atoms with Crippen molar-refractivity contribution in [2.45, 2.75) is 45.1 Å². The third kappa shape index (κ3) is 9.87. The Bertz CT molecular complexity index is 306. The van der Waals surface area contributed by atoms with E-state index in [2.05, 4.69) is 28.7 Å². The minimum Gasteiger partial charge on any atom is -0.380 e. The minimum atomic E-state index is -0.497. The van der Waals surface area contributed by atoms with Crippen LogP contribution in [0, 0.1) is 11.8 Å². The van der Waals surface area contributed by atoms with Crippen molar-refractivity contribution in [1.29, 1.82) is 0 Å². The predicted molar refractivity (Wildman–Crippen MR) is 87.3 cm³/mol. The lowest BCUT2D eigenvalue weighted by Crippen LogP contribution is -2.31. The van der Waals surface area contributed by atoms with Crippen LogP contribution in [-0.4, -0.2) is 74.0 Å². The van der Waals surface area contributed by atoms with Crippen LogP contribution in [0.4, 0.5) is 0 Å². The Morgan fingerprint density at radius 3 is 2.67 bits per heavy atom. The van der Waals surface area contributed by atoms with Gasteiger partial charge in [-0.05, 0) is 52.7 Å². The molecule has 1 rings (SSSR count). The van der Waals surface area contributed by atoms with Gasteiger partial charge in [0.25, 0.3) is 0 Å². The molecule has 0 aromatic heterocycles. The molecule has 0 spiro atoms. The Hall–Kier alpha value is -0.600. The number of ether oxygens (including phenoxy) is 1. The summed E-state index contributed by atoms with van der Waals surface area (Å²) in [5, 5.41) is 9.53. The van der Waals surface area contributed by atoms with Crippen molar-refractivity contribution in [2.24, 2.45) is 0 Å². The smallest absolute Gasteiger partial charge is 0.115 e. The fourth-order valence-corrected chi connectivity index (χ4v) is 2.59. The molecule has 0 aliphatic carbocycles. The van der Waals surface area contributed by atoms with Crippen molar-refractivity contribution < 1.29 is 9.84 Å².